The average Bonchev–Trinajstić information content (AvgIpc) is 2.78. The van der Waals surface area contributed by atoms with E-state index in [-0.39, 0.29) is 0 Å². The van der Waals surface area contributed by atoms with Crippen LogP contribution in [-0.4, -0.2) is 19.9 Å². The summed E-state index contributed by atoms with van der Waals surface area (Å²) < 4.78 is 1.72. The minimum absolute atomic E-state index is 0.458. The number of aliphatic hydroxyl groups is 1. The number of hydrogen-bond acceptors (Lipinski definition) is 4. The maximum Gasteiger partial charge on any atom is 0.0956 e. The lowest BCUT2D eigenvalue weighted by molar-refractivity contribution is 0.178. The van der Waals surface area contributed by atoms with Crippen LogP contribution in [0.2, 0.25) is 5.02 Å². The van der Waals surface area contributed by atoms with Crippen LogP contribution in [0.5, 0.6) is 0 Å². The van der Waals surface area contributed by atoms with Crippen molar-refractivity contribution in [2.45, 2.75) is 26.4 Å². The highest BCUT2D eigenvalue weighted by Crippen LogP contribution is 2.28. The molecule has 0 aromatic carbocycles. The zero-order valence-electron chi connectivity index (χ0n) is 9.94. The number of nitrogens with zero attached hydrogens (tertiary/aromatic N) is 3. The molecule has 1 unspecified atom stereocenters. The van der Waals surface area contributed by atoms with Crippen LogP contribution in [0.25, 0.3) is 0 Å². The van der Waals surface area contributed by atoms with E-state index in [2.05, 4.69) is 10.1 Å². The Balaban J connectivity index is 2.24. The molecule has 0 fully saturated rings. The molecule has 2 rings (SSSR count). The lowest BCUT2D eigenvalue weighted by Crippen LogP contribution is -2.06. The number of hydrogen-bond donors (Lipinski definition) is 1. The molecule has 2 heterocycles. The topological polar surface area (TPSA) is 50.9 Å². The molecule has 2 aromatic heterocycles. The smallest absolute Gasteiger partial charge is 0.0956 e. The second-order valence-corrected chi connectivity index (χ2v) is 5.26. The van der Waals surface area contributed by atoms with Gasteiger partial charge in [-0.25, -0.2) is 4.98 Å². The Bertz CT molecular complexity index is 535. The molecule has 0 radical (unpaired) electrons. The first-order valence-electron chi connectivity index (χ1n) is 5.26. The molecule has 0 aliphatic carbocycles. The molecule has 0 bridgehead atoms. The third kappa shape index (κ3) is 2.36. The van der Waals surface area contributed by atoms with Gasteiger partial charge >= 0.3 is 0 Å². The third-order valence-corrected chi connectivity index (χ3v) is 4.26. The molecule has 1 atom stereocenters. The quantitative estimate of drug-likeness (QED) is 0.933. The maximum absolute atomic E-state index is 10.2. The molecular formula is C11H14ClN3OS. The average molecular weight is 272 g/mol. The van der Waals surface area contributed by atoms with E-state index in [1.54, 1.807) is 10.2 Å². The van der Waals surface area contributed by atoms with Gasteiger partial charge in [0, 0.05) is 13.5 Å². The van der Waals surface area contributed by atoms with Crippen LogP contribution in [0.4, 0.5) is 0 Å². The van der Waals surface area contributed by atoms with E-state index in [1.807, 2.05) is 20.9 Å². The van der Waals surface area contributed by atoms with Gasteiger partial charge in [0.05, 0.1) is 38.6 Å². The van der Waals surface area contributed by atoms with E-state index < -0.39 is 6.10 Å². The van der Waals surface area contributed by atoms with Crippen molar-refractivity contribution in [1.82, 2.24) is 14.8 Å². The first kappa shape index (κ1) is 12.5. The molecule has 0 amide bonds. The van der Waals surface area contributed by atoms with Crippen molar-refractivity contribution in [2.75, 3.05) is 0 Å². The molecular weight excluding hydrogens is 258 g/mol. The summed E-state index contributed by atoms with van der Waals surface area (Å²) in [7, 11) is 1.83. The van der Waals surface area contributed by atoms with E-state index in [9.17, 15) is 5.11 Å². The fourth-order valence-corrected chi connectivity index (χ4v) is 2.83. The molecule has 6 heteroatoms. The monoisotopic (exact) mass is 271 g/mol. The lowest BCUT2D eigenvalue weighted by atomic mass is 10.1. The lowest BCUT2D eigenvalue weighted by Gasteiger charge is -2.10. The van der Waals surface area contributed by atoms with E-state index in [0.717, 1.165) is 22.0 Å². The van der Waals surface area contributed by atoms with Gasteiger partial charge in [0.25, 0.3) is 0 Å². The predicted octanol–water partition coefficient (Wildman–Crippen LogP) is 2.42. The minimum atomic E-state index is -0.574. The number of aliphatic hydroxyl groups excluding tert-OH is 1. The van der Waals surface area contributed by atoms with Gasteiger partial charge in [-0.1, -0.05) is 11.6 Å². The van der Waals surface area contributed by atoms with Crippen molar-refractivity contribution >= 4 is 22.9 Å². The number of halogens is 1. The van der Waals surface area contributed by atoms with Gasteiger partial charge in [0.1, 0.15) is 0 Å². The van der Waals surface area contributed by atoms with Crippen molar-refractivity contribution in [2.24, 2.45) is 7.05 Å². The minimum Gasteiger partial charge on any atom is -0.387 e. The predicted molar refractivity (Wildman–Crippen MR) is 68.5 cm³/mol. The summed E-state index contributed by atoms with van der Waals surface area (Å²) in [6.07, 6.45) is -0.117. The van der Waals surface area contributed by atoms with Crippen LogP contribution in [0.15, 0.2) is 5.51 Å². The Hall–Kier alpha value is -0.910. The number of aromatic nitrogens is 3. The highest BCUT2D eigenvalue weighted by molar-refractivity contribution is 7.09. The van der Waals surface area contributed by atoms with Gasteiger partial charge in [-0.15, -0.1) is 11.3 Å². The van der Waals surface area contributed by atoms with E-state index in [4.69, 9.17) is 11.6 Å². The van der Waals surface area contributed by atoms with Crippen LogP contribution in [-0.2, 0) is 13.5 Å². The molecule has 92 valence electrons. The maximum atomic E-state index is 10.2. The SMILES string of the molecule is Cc1ncsc1C(O)Cc1c(Cl)c(C)nn1C. The van der Waals surface area contributed by atoms with Crippen LogP contribution in [0.3, 0.4) is 0 Å². The van der Waals surface area contributed by atoms with Gasteiger partial charge in [-0.2, -0.15) is 5.10 Å². The van der Waals surface area contributed by atoms with Crippen molar-refractivity contribution in [3.8, 4) is 0 Å². The zero-order valence-corrected chi connectivity index (χ0v) is 11.5. The molecule has 0 aliphatic heterocycles. The largest absolute Gasteiger partial charge is 0.387 e. The first-order valence-corrected chi connectivity index (χ1v) is 6.52. The molecule has 0 saturated carbocycles. The van der Waals surface area contributed by atoms with Crippen LogP contribution in [0.1, 0.15) is 28.1 Å². The Labute approximate surface area is 109 Å². The van der Waals surface area contributed by atoms with E-state index >= 15 is 0 Å². The van der Waals surface area contributed by atoms with Crippen LogP contribution >= 0.6 is 22.9 Å². The van der Waals surface area contributed by atoms with Gasteiger partial charge in [0.15, 0.2) is 0 Å². The fraction of sp³-hybridized carbons (Fsp3) is 0.455. The fourth-order valence-electron chi connectivity index (χ4n) is 1.81. The summed E-state index contributed by atoms with van der Waals surface area (Å²) in [6, 6.07) is 0. The summed E-state index contributed by atoms with van der Waals surface area (Å²) >= 11 is 7.61. The molecule has 4 nitrogen and oxygen atoms in total. The molecule has 17 heavy (non-hydrogen) atoms. The standard InChI is InChI=1S/C11H14ClN3OS/c1-6-10(12)8(15(3)14-6)4-9(16)11-7(2)13-5-17-11/h5,9,16H,4H2,1-3H3. The molecule has 0 aliphatic rings. The molecule has 0 saturated heterocycles. The normalized spacial score (nSPS) is 13.0. The van der Waals surface area contributed by atoms with E-state index in [1.165, 1.54) is 11.3 Å². The van der Waals surface area contributed by atoms with Crippen LogP contribution < -0.4 is 0 Å². The number of thiazole rings is 1. The zero-order chi connectivity index (χ0) is 12.6. The van der Waals surface area contributed by atoms with Crippen molar-refractivity contribution in [3.05, 3.63) is 32.5 Å². The van der Waals surface area contributed by atoms with Gasteiger partial charge in [-0.05, 0) is 13.8 Å². The summed E-state index contributed by atoms with van der Waals surface area (Å²) in [4.78, 5) is 5.02. The van der Waals surface area contributed by atoms with Gasteiger partial charge < -0.3 is 5.11 Å². The van der Waals surface area contributed by atoms with Crippen molar-refractivity contribution in [3.63, 3.8) is 0 Å². The number of rotatable bonds is 3. The molecule has 2 aromatic rings. The Morgan fingerprint density at radius 3 is 2.65 bits per heavy atom. The highest BCUT2D eigenvalue weighted by Gasteiger charge is 2.19. The molecule has 0 spiro atoms. The van der Waals surface area contributed by atoms with Gasteiger partial charge in [-0.3, -0.25) is 4.68 Å². The summed E-state index contributed by atoms with van der Waals surface area (Å²) in [5, 5.41) is 15.0. The summed E-state index contributed by atoms with van der Waals surface area (Å²) in [5.41, 5.74) is 4.25. The summed E-state index contributed by atoms with van der Waals surface area (Å²) in [5.74, 6) is 0. The summed E-state index contributed by atoms with van der Waals surface area (Å²) in [6.45, 7) is 3.75. The first-order chi connectivity index (χ1) is 8.00. The highest BCUT2D eigenvalue weighted by atomic mass is 35.5. The Morgan fingerprint density at radius 1 is 1.47 bits per heavy atom. The number of aryl methyl sites for hydroxylation is 3. The van der Waals surface area contributed by atoms with Crippen LogP contribution in [0, 0.1) is 13.8 Å². The van der Waals surface area contributed by atoms with Crippen molar-refractivity contribution < 1.29 is 5.11 Å². The van der Waals surface area contributed by atoms with Crippen molar-refractivity contribution in [1.29, 1.82) is 0 Å². The van der Waals surface area contributed by atoms with E-state index in [0.29, 0.717) is 11.4 Å². The second-order valence-electron chi connectivity index (χ2n) is 3.99. The molecule has 1 N–H and O–H groups in total. The Morgan fingerprint density at radius 2 is 2.18 bits per heavy atom. The third-order valence-electron chi connectivity index (χ3n) is 2.73. The second kappa shape index (κ2) is 4.76. The Kier molecular flexibility index (Phi) is 3.51. The van der Waals surface area contributed by atoms with Gasteiger partial charge in [0.2, 0.25) is 0 Å².